The maximum absolute atomic E-state index is 12.1. The number of anilines is 2. The van der Waals surface area contributed by atoms with E-state index in [9.17, 15) is 14.7 Å². The summed E-state index contributed by atoms with van der Waals surface area (Å²) in [7, 11) is 0. The zero-order valence-corrected chi connectivity index (χ0v) is 12.4. The number of aliphatic hydroxyl groups excluding tert-OH is 1. The Morgan fingerprint density at radius 2 is 2.23 bits per heavy atom. The third kappa shape index (κ3) is 3.28. The lowest BCUT2D eigenvalue weighted by Gasteiger charge is -2.27. The molecule has 0 aliphatic carbocycles. The highest BCUT2D eigenvalue weighted by atomic mass is 16.3. The van der Waals surface area contributed by atoms with Crippen LogP contribution in [0.5, 0.6) is 0 Å². The number of hydrogen-bond acceptors (Lipinski definition) is 4. The van der Waals surface area contributed by atoms with Gasteiger partial charge in [-0.05, 0) is 37.5 Å². The van der Waals surface area contributed by atoms with Gasteiger partial charge >= 0.3 is 0 Å². The number of carbonyl (C=O) groups excluding carboxylic acids is 2. The van der Waals surface area contributed by atoms with Crippen molar-refractivity contribution in [2.45, 2.75) is 37.8 Å². The summed E-state index contributed by atoms with van der Waals surface area (Å²) >= 11 is 0. The van der Waals surface area contributed by atoms with Crippen LogP contribution in [0.15, 0.2) is 24.3 Å². The van der Waals surface area contributed by atoms with Gasteiger partial charge in [-0.25, -0.2) is 0 Å². The average Bonchev–Trinajstić information content (AvgIpc) is 2.95. The van der Waals surface area contributed by atoms with E-state index in [0.29, 0.717) is 25.1 Å². The summed E-state index contributed by atoms with van der Waals surface area (Å²) in [6.45, 7) is 1.17. The normalized spacial score (nSPS) is 25.3. The Balaban J connectivity index is 1.68. The maximum atomic E-state index is 12.1. The highest BCUT2D eigenvalue weighted by Gasteiger charge is 2.28. The van der Waals surface area contributed by atoms with Gasteiger partial charge in [0.05, 0.1) is 12.1 Å². The number of nitrogens with one attached hydrogen (secondary N) is 2. The van der Waals surface area contributed by atoms with Crippen LogP contribution in [0.4, 0.5) is 11.4 Å². The molecule has 22 heavy (non-hydrogen) atoms. The molecule has 1 aromatic rings. The van der Waals surface area contributed by atoms with E-state index in [1.165, 1.54) is 0 Å². The van der Waals surface area contributed by atoms with E-state index in [0.717, 1.165) is 25.1 Å². The molecule has 2 aliphatic rings. The summed E-state index contributed by atoms with van der Waals surface area (Å²) in [6.07, 6.45) is 2.50. The molecule has 2 fully saturated rings. The lowest BCUT2D eigenvalue weighted by Crippen LogP contribution is -2.36. The maximum Gasteiger partial charge on any atom is 0.241 e. The number of nitrogens with zero attached hydrogens (tertiary/aromatic N) is 1. The van der Waals surface area contributed by atoms with E-state index in [1.54, 1.807) is 11.0 Å². The topological polar surface area (TPSA) is 81.7 Å². The zero-order valence-electron chi connectivity index (χ0n) is 12.4. The summed E-state index contributed by atoms with van der Waals surface area (Å²) in [5.41, 5.74) is 1.49. The summed E-state index contributed by atoms with van der Waals surface area (Å²) in [4.78, 5) is 25.9. The molecule has 3 N–H and O–H groups in total. The fraction of sp³-hybridized carbons (Fsp3) is 0.500. The highest BCUT2D eigenvalue weighted by Crippen LogP contribution is 2.24. The molecule has 0 radical (unpaired) electrons. The lowest BCUT2D eigenvalue weighted by molar-refractivity contribution is -0.119. The van der Waals surface area contributed by atoms with Crippen LogP contribution in [0.1, 0.15) is 25.7 Å². The Morgan fingerprint density at radius 3 is 2.95 bits per heavy atom. The predicted molar refractivity (Wildman–Crippen MR) is 83.7 cm³/mol. The van der Waals surface area contributed by atoms with Gasteiger partial charge in [0.1, 0.15) is 0 Å². The van der Waals surface area contributed by atoms with Crippen molar-refractivity contribution in [2.24, 2.45) is 0 Å². The van der Waals surface area contributed by atoms with Crippen LogP contribution in [0.25, 0.3) is 0 Å². The molecule has 3 rings (SSSR count). The fourth-order valence-electron chi connectivity index (χ4n) is 2.98. The summed E-state index contributed by atoms with van der Waals surface area (Å²) < 4.78 is 0. The van der Waals surface area contributed by atoms with Gasteiger partial charge in [0.25, 0.3) is 0 Å². The van der Waals surface area contributed by atoms with Gasteiger partial charge in [0, 0.05) is 30.9 Å². The first-order valence-electron chi connectivity index (χ1n) is 7.76. The van der Waals surface area contributed by atoms with Crippen molar-refractivity contribution in [1.29, 1.82) is 0 Å². The molecular formula is C16H21N3O3. The molecule has 0 saturated carbocycles. The molecule has 0 spiro atoms. The van der Waals surface area contributed by atoms with Crippen LogP contribution in [0, 0.1) is 0 Å². The molecule has 6 heteroatoms. The van der Waals surface area contributed by atoms with Gasteiger partial charge in [0.15, 0.2) is 0 Å². The summed E-state index contributed by atoms with van der Waals surface area (Å²) in [6, 6.07) is 6.99. The third-order valence-corrected chi connectivity index (χ3v) is 4.17. The highest BCUT2D eigenvalue weighted by molar-refractivity contribution is 5.97. The molecular weight excluding hydrogens is 282 g/mol. The Morgan fingerprint density at radius 1 is 1.36 bits per heavy atom. The van der Waals surface area contributed by atoms with Crippen molar-refractivity contribution >= 4 is 23.2 Å². The largest absolute Gasteiger partial charge is 0.392 e. The van der Waals surface area contributed by atoms with Gasteiger partial charge < -0.3 is 20.6 Å². The van der Waals surface area contributed by atoms with Crippen molar-refractivity contribution in [3.8, 4) is 0 Å². The van der Waals surface area contributed by atoms with Gasteiger partial charge in [-0.15, -0.1) is 0 Å². The zero-order chi connectivity index (χ0) is 15.5. The van der Waals surface area contributed by atoms with Crippen LogP contribution in [-0.2, 0) is 9.59 Å². The fourth-order valence-corrected chi connectivity index (χ4v) is 2.98. The molecule has 0 bridgehead atoms. The van der Waals surface area contributed by atoms with Crippen LogP contribution >= 0.6 is 0 Å². The SMILES string of the molecule is O=C(Nc1cccc(N2CCCCC2=O)c1)C1CC(O)CN1. The second-order valence-electron chi connectivity index (χ2n) is 5.89. The van der Waals surface area contributed by atoms with E-state index < -0.39 is 6.10 Å². The van der Waals surface area contributed by atoms with Crippen molar-refractivity contribution in [2.75, 3.05) is 23.3 Å². The minimum Gasteiger partial charge on any atom is -0.392 e. The number of carbonyl (C=O) groups is 2. The number of benzene rings is 1. The Kier molecular flexibility index (Phi) is 4.40. The monoisotopic (exact) mass is 303 g/mol. The first kappa shape index (κ1) is 15.0. The number of piperidine rings is 1. The molecule has 2 heterocycles. The Hall–Kier alpha value is -1.92. The second kappa shape index (κ2) is 6.46. The molecule has 2 saturated heterocycles. The molecule has 2 amide bonds. The molecule has 2 unspecified atom stereocenters. The molecule has 118 valence electrons. The van der Waals surface area contributed by atoms with Crippen LogP contribution in [-0.4, -0.2) is 42.2 Å². The summed E-state index contributed by atoms with van der Waals surface area (Å²) in [5.74, 6) is -0.0195. The van der Waals surface area contributed by atoms with E-state index in [-0.39, 0.29) is 17.9 Å². The van der Waals surface area contributed by atoms with E-state index >= 15 is 0 Å². The quantitative estimate of drug-likeness (QED) is 0.774. The van der Waals surface area contributed by atoms with Gasteiger partial charge in [-0.2, -0.15) is 0 Å². The number of β-amino-alcohol motifs (C(OH)–C–C–N with tert-alkyl or cyclic N) is 1. The van der Waals surface area contributed by atoms with E-state index in [1.807, 2.05) is 18.2 Å². The average molecular weight is 303 g/mol. The number of hydrogen-bond donors (Lipinski definition) is 3. The molecule has 1 aromatic carbocycles. The summed E-state index contributed by atoms with van der Waals surface area (Å²) in [5, 5.41) is 15.3. The van der Waals surface area contributed by atoms with Crippen LogP contribution < -0.4 is 15.5 Å². The molecule has 0 aromatic heterocycles. The standard InChI is InChI=1S/C16H21N3O3/c20-13-9-14(17-10-13)16(22)18-11-4-3-5-12(8-11)19-7-2-1-6-15(19)21/h3-5,8,13-14,17,20H,1-2,6-7,9-10H2,(H,18,22). The smallest absolute Gasteiger partial charge is 0.241 e. The number of rotatable bonds is 3. The predicted octanol–water partition coefficient (Wildman–Crippen LogP) is 0.865. The van der Waals surface area contributed by atoms with Gasteiger partial charge in [-0.1, -0.05) is 6.07 Å². The number of amides is 2. The van der Waals surface area contributed by atoms with Crippen molar-refractivity contribution < 1.29 is 14.7 Å². The van der Waals surface area contributed by atoms with Crippen molar-refractivity contribution in [3.63, 3.8) is 0 Å². The minimum absolute atomic E-state index is 0.135. The van der Waals surface area contributed by atoms with E-state index in [4.69, 9.17) is 0 Å². The van der Waals surface area contributed by atoms with Crippen LogP contribution in [0.3, 0.4) is 0 Å². The molecule has 6 nitrogen and oxygen atoms in total. The first-order chi connectivity index (χ1) is 10.6. The van der Waals surface area contributed by atoms with Crippen molar-refractivity contribution in [1.82, 2.24) is 5.32 Å². The van der Waals surface area contributed by atoms with E-state index in [2.05, 4.69) is 10.6 Å². The first-order valence-corrected chi connectivity index (χ1v) is 7.76. The second-order valence-corrected chi connectivity index (χ2v) is 5.89. The van der Waals surface area contributed by atoms with Gasteiger partial charge in [-0.3, -0.25) is 9.59 Å². The minimum atomic E-state index is -0.465. The Labute approximate surface area is 129 Å². The van der Waals surface area contributed by atoms with Crippen molar-refractivity contribution in [3.05, 3.63) is 24.3 Å². The Bertz CT molecular complexity index is 576. The molecule has 2 atom stereocenters. The molecule has 2 aliphatic heterocycles. The third-order valence-electron chi connectivity index (χ3n) is 4.17. The number of aliphatic hydroxyl groups is 1. The lowest BCUT2D eigenvalue weighted by atomic mass is 10.1. The van der Waals surface area contributed by atoms with Gasteiger partial charge in [0.2, 0.25) is 11.8 Å². The van der Waals surface area contributed by atoms with Crippen LogP contribution in [0.2, 0.25) is 0 Å².